The summed E-state index contributed by atoms with van der Waals surface area (Å²) in [5.74, 6) is -0.0482. The summed E-state index contributed by atoms with van der Waals surface area (Å²) in [5, 5.41) is 5.56. The van der Waals surface area contributed by atoms with Crippen LogP contribution in [0.3, 0.4) is 0 Å². The predicted molar refractivity (Wildman–Crippen MR) is 118 cm³/mol. The fourth-order valence-electron chi connectivity index (χ4n) is 4.19. The number of piperazine rings is 1. The van der Waals surface area contributed by atoms with Crippen molar-refractivity contribution in [3.05, 3.63) is 47.3 Å². The first-order valence-corrected chi connectivity index (χ1v) is 11.5. The molecule has 0 bridgehead atoms. The lowest BCUT2D eigenvalue weighted by atomic mass is 9.95. The number of carbonyl (C=O) groups excluding carboxylic acids is 2. The number of halogens is 3. The minimum atomic E-state index is -4.37. The second-order valence-electron chi connectivity index (χ2n) is 8.03. The topological polar surface area (TPSA) is 55.9 Å². The number of anilines is 2. The zero-order valence-electron chi connectivity index (χ0n) is 17.5. The van der Waals surface area contributed by atoms with Crippen LogP contribution in [0.25, 0.3) is 0 Å². The van der Waals surface area contributed by atoms with E-state index in [-0.39, 0.29) is 17.9 Å². The molecule has 2 aliphatic rings. The Hall–Kier alpha value is -2.75. The highest BCUT2D eigenvalue weighted by Crippen LogP contribution is 2.32. The molecule has 0 spiro atoms. The van der Waals surface area contributed by atoms with E-state index in [9.17, 15) is 22.8 Å². The number of hydrogen-bond donors (Lipinski definition) is 1. The molecule has 0 saturated carbocycles. The van der Waals surface area contributed by atoms with E-state index < -0.39 is 11.7 Å². The van der Waals surface area contributed by atoms with Gasteiger partial charge in [-0.1, -0.05) is 6.07 Å². The summed E-state index contributed by atoms with van der Waals surface area (Å²) in [6.45, 7) is 3.00. The van der Waals surface area contributed by atoms with Crippen LogP contribution in [0.5, 0.6) is 0 Å². The van der Waals surface area contributed by atoms with E-state index in [4.69, 9.17) is 0 Å². The molecule has 2 fully saturated rings. The quantitative estimate of drug-likeness (QED) is 0.732. The number of alkyl halides is 3. The number of piperidine rings is 1. The lowest BCUT2D eigenvalue weighted by Crippen LogP contribution is -2.52. The van der Waals surface area contributed by atoms with Crippen LogP contribution >= 0.6 is 11.3 Å². The summed E-state index contributed by atoms with van der Waals surface area (Å²) < 4.78 is 38.9. The number of nitrogens with zero attached hydrogens (tertiary/aromatic N) is 3. The molecule has 0 aliphatic carbocycles. The maximum Gasteiger partial charge on any atom is 0.416 e. The highest BCUT2D eigenvalue weighted by atomic mass is 32.1. The largest absolute Gasteiger partial charge is 0.416 e. The maximum atomic E-state index is 13.0. The van der Waals surface area contributed by atoms with Gasteiger partial charge in [0.1, 0.15) is 0 Å². The van der Waals surface area contributed by atoms with Gasteiger partial charge in [0.15, 0.2) is 0 Å². The van der Waals surface area contributed by atoms with Crippen molar-refractivity contribution in [1.82, 2.24) is 9.80 Å². The monoisotopic (exact) mass is 466 g/mol. The average Bonchev–Trinajstić information content (AvgIpc) is 3.31. The normalized spacial score (nSPS) is 18.0. The van der Waals surface area contributed by atoms with Gasteiger partial charge in [0.2, 0.25) is 5.91 Å². The van der Waals surface area contributed by atoms with Crippen molar-refractivity contribution < 1.29 is 22.8 Å². The summed E-state index contributed by atoms with van der Waals surface area (Å²) >= 11 is 1.46. The van der Waals surface area contributed by atoms with Crippen molar-refractivity contribution in [2.24, 2.45) is 5.92 Å². The second-order valence-corrected chi connectivity index (χ2v) is 8.98. The van der Waals surface area contributed by atoms with Gasteiger partial charge in [0.25, 0.3) is 0 Å². The first-order valence-electron chi connectivity index (χ1n) is 10.6. The minimum absolute atomic E-state index is 0.0759. The number of hydrogen-bond acceptors (Lipinski definition) is 4. The molecule has 1 aromatic carbocycles. The molecular weight excluding hydrogens is 441 g/mol. The molecule has 2 aliphatic heterocycles. The number of urea groups is 1. The van der Waals surface area contributed by atoms with Gasteiger partial charge in [0.05, 0.1) is 10.6 Å². The standard InChI is InChI=1S/C22H25F3N4O2S/c23-22(24,25)17-3-1-4-18(15-17)27-10-12-28(13-11-27)20(30)16-6-8-29(9-7-16)21(31)26-19-5-2-14-32-19/h1-5,14-16H,6-13H2,(H,26,31). The lowest BCUT2D eigenvalue weighted by molar-refractivity contribution is -0.138. The first kappa shape index (κ1) is 22.4. The SMILES string of the molecule is O=C(Nc1cccs1)N1CCC(C(=O)N2CCN(c3cccc(C(F)(F)F)c3)CC2)CC1. The Bertz CT molecular complexity index is 935. The Morgan fingerprint density at radius 1 is 0.938 bits per heavy atom. The number of thiophene rings is 1. The molecule has 172 valence electrons. The molecule has 6 nitrogen and oxygen atoms in total. The molecule has 0 radical (unpaired) electrons. The van der Waals surface area contributed by atoms with Crippen molar-refractivity contribution in [3.63, 3.8) is 0 Å². The van der Waals surface area contributed by atoms with Crippen molar-refractivity contribution in [1.29, 1.82) is 0 Å². The fraction of sp³-hybridized carbons (Fsp3) is 0.455. The van der Waals surface area contributed by atoms with Gasteiger partial charge in [-0.2, -0.15) is 13.2 Å². The number of carbonyl (C=O) groups is 2. The molecule has 3 amide bonds. The minimum Gasteiger partial charge on any atom is -0.368 e. The highest BCUT2D eigenvalue weighted by molar-refractivity contribution is 7.14. The Labute approximate surface area is 188 Å². The van der Waals surface area contributed by atoms with Crippen LogP contribution in [0.1, 0.15) is 18.4 Å². The number of nitrogens with one attached hydrogen (secondary N) is 1. The average molecular weight is 467 g/mol. The van der Waals surface area contributed by atoms with Crippen molar-refractivity contribution in [2.75, 3.05) is 49.5 Å². The Morgan fingerprint density at radius 2 is 1.66 bits per heavy atom. The van der Waals surface area contributed by atoms with E-state index in [1.807, 2.05) is 22.4 Å². The van der Waals surface area contributed by atoms with Crippen LogP contribution in [-0.2, 0) is 11.0 Å². The van der Waals surface area contributed by atoms with Crippen molar-refractivity contribution in [2.45, 2.75) is 19.0 Å². The van der Waals surface area contributed by atoms with Gasteiger partial charge >= 0.3 is 12.2 Å². The van der Waals surface area contributed by atoms with Crippen LogP contribution in [0.2, 0.25) is 0 Å². The Balaban J connectivity index is 1.26. The molecule has 32 heavy (non-hydrogen) atoms. The van der Waals surface area contributed by atoms with E-state index >= 15 is 0 Å². The van der Waals surface area contributed by atoms with Crippen LogP contribution in [0.4, 0.5) is 28.7 Å². The smallest absolute Gasteiger partial charge is 0.368 e. The Kier molecular flexibility index (Phi) is 6.59. The molecule has 1 aromatic heterocycles. The maximum absolute atomic E-state index is 13.0. The molecule has 2 saturated heterocycles. The summed E-state index contributed by atoms with van der Waals surface area (Å²) in [6, 6.07) is 8.88. The number of benzene rings is 1. The third-order valence-electron chi connectivity index (χ3n) is 6.01. The summed E-state index contributed by atoms with van der Waals surface area (Å²) in [5.41, 5.74) is -0.139. The van der Waals surface area contributed by atoms with E-state index in [2.05, 4.69) is 5.32 Å². The summed E-state index contributed by atoms with van der Waals surface area (Å²) in [7, 11) is 0. The van der Waals surface area contributed by atoms with Gasteiger partial charge in [-0.05, 0) is 48.6 Å². The van der Waals surface area contributed by atoms with Crippen LogP contribution in [-0.4, -0.2) is 61.0 Å². The van der Waals surface area contributed by atoms with E-state index in [0.29, 0.717) is 57.8 Å². The molecule has 0 atom stereocenters. The number of rotatable bonds is 3. The van der Waals surface area contributed by atoms with Crippen molar-refractivity contribution in [3.8, 4) is 0 Å². The summed E-state index contributed by atoms with van der Waals surface area (Å²) in [6.07, 6.45) is -3.14. The van der Waals surface area contributed by atoms with Crippen molar-refractivity contribution >= 4 is 34.0 Å². The van der Waals surface area contributed by atoms with Gasteiger partial charge in [-0.3, -0.25) is 10.1 Å². The van der Waals surface area contributed by atoms with E-state index in [1.165, 1.54) is 17.4 Å². The molecule has 0 unspecified atom stereocenters. The lowest BCUT2D eigenvalue weighted by Gasteiger charge is -2.39. The highest BCUT2D eigenvalue weighted by Gasteiger charge is 2.33. The zero-order chi connectivity index (χ0) is 22.7. The molecule has 10 heteroatoms. The third-order valence-corrected chi connectivity index (χ3v) is 6.80. The van der Waals surface area contributed by atoms with Crippen LogP contribution in [0, 0.1) is 5.92 Å². The molecule has 1 N–H and O–H groups in total. The third kappa shape index (κ3) is 5.17. The molecule has 4 rings (SSSR count). The second kappa shape index (κ2) is 9.40. The van der Waals surface area contributed by atoms with E-state index in [1.54, 1.807) is 15.9 Å². The van der Waals surface area contributed by atoms with Gasteiger partial charge in [-0.15, -0.1) is 11.3 Å². The molecule has 3 heterocycles. The van der Waals surface area contributed by atoms with Gasteiger partial charge in [0, 0.05) is 50.9 Å². The zero-order valence-corrected chi connectivity index (χ0v) is 18.3. The number of likely N-dealkylation sites (tertiary alicyclic amines) is 1. The summed E-state index contributed by atoms with van der Waals surface area (Å²) in [4.78, 5) is 30.7. The van der Waals surface area contributed by atoms with Crippen LogP contribution in [0.15, 0.2) is 41.8 Å². The predicted octanol–water partition coefficient (Wildman–Crippen LogP) is 4.36. The number of amides is 3. The first-order chi connectivity index (χ1) is 15.3. The van der Waals surface area contributed by atoms with E-state index in [0.717, 1.165) is 17.1 Å². The van der Waals surface area contributed by atoms with Crippen LogP contribution < -0.4 is 10.2 Å². The van der Waals surface area contributed by atoms with Gasteiger partial charge < -0.3 is 14.7 Å². The van der Waals surface area contributed by atoms with Gasteiger partial charge in [-0.25, -0.2) is 4.79 Å². The fourth-order valence-corrected chi connectivity index (χ4v) is 4.79. The molecule has 2 aromatic rings. The Morgan fingerprint density at radius 3 is 2.28 bits per heavy atom. The molecular formula is C22H25F3N4O2S.